The van der Waals surface area contributed by atoms with Gasteiger partial charge in [-0.25, -0.2) is 0 Å². The fourth-order valence-corrected chi connectivity index (χ4v) is 2.88. The van der Waals surface area contributed by atoms with E-state index in [9.17, 15) is 0 Å². The van der Waals surface area contributed by atoms with Crippen LogP contribution in [0.25, 0.3) is 0 Å². The van der Waals surface area contributed by atoms with Crippen molar-refractivity contribution in [2.45, 2.75) is 51.2 Å². The van der Waals surface area contributed by atoms with Crippen molar-refractivity contribution in [3.63, 3.8) is 0 Å². The predicted octanol–water partition coefficient (Wildman–Crippen LogP) is 2.71. The summed E-state index contributed by atoms with van der Waals surface area (Å²) in [5.74, 6) is 0. The summed E-state index contributed by atoms with van der Waals surface area (Å²) in [7, 11) is 0. The van der Waals surface area contributed by atoms with Crippen molar-refractivity contribution in [2.24, 2.45) is 0 Å². The lowest BCUT2D eigenvalue weighted by atomic mass is 10.0. The maximum absolute atomic E-state index is 3.71. The van der Waals surface area contributed by atoms with Gasteiger partial charge >= 0.3 is 0 Å². The van der Waals surface area contributed by atoms with Gasteiger partial charge in [0.2, 0.25) is 0 Å². The fourth-order valence-electron chi connectivity index (χ4n) is 2.88. The van der Waals surface area contributed by atoms with Crippen molar-refractivity contribution in [1.82, 2.24) is 10.2 Å². The lowest BCUT2D eigenvalue weighted by Gasteiger charge is -2.32. The summed E-state index contributed by atoms with van der Waals surface area (Å²) in [5, 5.41) is 3.71. The van der Waals surface area contributed by atoms with Crippen molar-refractivity contribution >= 4 is 0 Å². The zero-order valence-corrected chi connectivity index (χ0v) is 11.4. The molecule has 2 heteroatoms. The molecule has 1 aromatic carbocycles. The summed E-state index contributed by atoms with van der Waals surface area (Å²) in [4.78, 5) is 2.68. The minimum Gasteiger partial charge on any atom is -0.310 e. The highest BCUT2D eigenvalue weighted by Crippen LogP contribution is 2.29. The molecule has 0 spiro atoms. The molecule has 2 nitrogen and oxygen atoms in total. The molecular weight excluding hydrogens is 220 g/mol. The van der Waals surface area contributed by atoms with E-state index in [0.29, 0.717) is 0 Å². The van der Waals surface area contributed by atoms with Gasteiger partial charge in [-0.1, -0.05) is 29.8 Å². The van der Waals surface area contributed by atoms with E-state index in [-0.39, 0.29) is 0 Å². The molecule has 1 saturated heterocycles. The van der Waals surface area contributed by atoms with E-state index in [1.165, 1.54) is 49.9 Å². The van der Waals surface area contributed by atoms with Gasteiger partial charge in [0.1, 0.15) is 0 Å². The van der Waals surface area contributed by atoms with Crippen LogP contribution in [0.2, 0.25) is 0 Å². The third-order valence-corrected chi connectivity index (χ3v) is 4.31. The molecule has 1 aliphatic heterocycles. The summed E-state index contributed by atoms with van der Waals surface area (Å²) < 4.78 is 0. The van der Waals surface area contributed by atoms with Crippen LogP contribution in [-0.4, -0.2) is 30.1 Å². The Morgan fingerprint density at radius 3 is 2.33 bits per heavy atom. The van der Waals surface area contributed by atoms with Crippen molar-refractivity contribution in [2.75, 3.05) is 13.1 Å². The molecule has 1 aliphatic carbocycles. The number of benzene rings is 1. The second-order valence-corrected chi connectivity index (χ2v) is 5.91. The third kappa shape index (κ3) is 3.12. The van der Waals surface area contributed by atoms with Crippen LogP contribution in [0.4, 0.5) is 0 Å². The molecule has 2 aliphatic rings. The van der Waals surface area contributed by atoms with Crippen LogP contribution in [-0.2, 0) is 6.54 Å². The summed E-state index contributed by atoms with van der Waals surface area (Å²) in [6.45, 7) is 5.77. The molecule has 18 heavy (non-hydrogen) atoms. The number of hydrogen-bond donors (Lipinski definition) is 1. The highest BCUT2D eigenvalue weighted by molar-refractivity contribution is 5.21. The van der Waals surface area contributed by atoms with E-state index >= 15 is 0 Å². The van der Waals surface area contributed by atoms with E-state index in [2.05, 4.69) is 41.4 Å². The Hall–Kier alpha value is -0.860. The monoisotopic (exact) mass is 244 g/mol. The van der Waals surface area contributed by atoms with Crippen LogP contribution >= 0.6 is 0 Å². The minimum absolute atomic E-state index is 0.723. The molecule has 1 heterocycles. The molecule has 1 aromatic rings. The number of nitrogens with one attached hydrogen (secondary N) is 1. The summed E-state index contributed by atoms with van der Waals surface area (Å²) >= 11 is 0. The Labute approximate surface area is 110 Å². The van der Waals surface area contributed by atoms with Gasteiger partial charge in [-0.3, -0.25) is 0 Å². The summed E-state index contributed by atoms with van der Waals surface area (Å²) in [6.07, 6.45) is 5.54. The summed E-state index contributed by atoms with van der Waals surface area (Å²) in [5.41, 5.74) is 2.75. The maximum Gasteiger partial charge on any atom is 0.0208 e. The van der Waals surface area contributed by atoms with E-state index in [0.717, 1.165) is 18.6 Å². The highest BCUT2D eigenvalue weighted by atomic mass is 15.2. The number of rotatable bonds is 4. The largest absolute Gasteiger partial charge is 0.310 e. The molecule has 3 rings (SSSR count). The average Bonchev–Trinajstić information content (AvgIpc) is 3.23. The molecule has 0 atom stereocenters. The normalized spacial score (nSPS) is 22.3. The Kier molecular flexibility index (Phi) is 3.67. The number of piperidine rings is 1. The van der Waals surface area contributed by atoms with Crippen molar-refractivity contribution in [3.05, 3.63) is 35.4 Å². The van der Waals surface area contributed by atoms with Crippen molar-refractivity contribution in [3.8, 4) is 0 Å². The summed E-state index contributed by atoms with van der Waals surface area (Å²) in [6, 6.07) is 10.5. The van der Waals surface area contributed by atoms with Crippen LogP contribution < -0.4 is 5.32 Å². The molecule has 0 amide bonds. The van der Waals surface area contributed by atoms with Crippen molar-refractivity contribution in [1.29, 1.82) is 0 Å². The van der Waals surface area contributed by atoms with Gasteiger partial charge in [0, 0.05) is 18.6 Å². The molecular formula is C16H24N2. The molecule has 0 aromatic heterocycles. The minimum atomic E-state index is 0.723. The van der Waals surface area contributed by atoms with Gasteiger partial charge < -0.3 is 10.2 Å². The standard InChI is InChI=1S/C16H24N2/c1-13-2-4-14(5-3-13)12-17-15-8-10-18(11-9-15)16-6-7-16/h2-5,15-17H,6-12H2,1H3. The van der Waals surface area contributed by atoms with Crippen LogP contribution in [0.5, 0.6) is 0 Å². The average molecular weight is 244 g/mol. The Balaban J connectivity index is 1.42. The molecule has 98 valence electrons. The first-order valence-electron chi connectivity index (χ1n) is 7.34. The maximum atomic E-state index is 3.71. The Morgan fingerprint density at radius 2 is 1.72 bits per heavy atom. The van der Waals surface area contributed by atoms with Gasteiger partial charge in [0.15, 0.2) is 0 Å². The number of likely N-dealkylation sites (tertiary alicyclic amines) is 1. The lowest BCUT2D eigenvalue weighted by molar-refractivity contribution is 0.189. The molecule has 1 saturated carbocycles. The van der Waals surface area contributed by atoms with Crippen molar-refractivity contribution < 1.29 is 0 Å². The Bertz CT molecular complexity index is 373. The fraction of sp³-hybridized carbons (Fsp3) is 0.625. The molecule has 0 bridgehead atoms. The van der Waals surface area contributed by atoms with Crippen LogP contribution in [0.15, 0.2) is 24.3 Å². The second-order valence-electron chi connectivity index (χ2n) is 5.91. The van der Waals surface area contributed by atoms with Crippen LogP contribution in [0.1, 0.15) is 36.8 Å². The van der Waals surface area contributed by atoms with E-state index in [1.807, 2.05) is 0 Å². The zero-order chi connectivity index (χ0) is 12.4. The molecule has 0 radical (unpaired) electrons. The first-order chi connectivity index (χ1) is 8.81. The van der Waals surface area contributed by atoms with Gasteiger partial charge in [0.25, 0.3) is 0 Å². The third-order valence-electron chi connectivity index (χ3n) is 4.31. The highest BCUT2D eigenvalue weighted by Gasteiger charge is 2.31. The van der Waals surface area contributed by atoms with Crippen LogP contribution in [0, 0.1) is 6.92 Å². The molecule has 1 N–H and O–H groups in total. The number of hydrogen-bond acceptors (Lipinski definition) is 2. The zero-order valence-electron chi connectivity index (χ0n) is 11.4. The first-order valence-corrected chi connectivity index (χ1v) is 7.34. The van der Waals surface area contributed by atoms with Crippen LogP contribution in [0.3, 0.4) is 0 Å². The topological polar surface area (TPSA) is 15.3 Å². The van der Waals surface area contributed by atoms with Gasteiger partial charge in [-0.2, -0.15) is 0 Å². The predicted molar refractivity (Wildman–Crippen MR) is 75.6 cm³/mol. The van der Waals surface area contributed by atoms with E-state index in [4.69, 9.17) is 0 Å². The number of aryl methyl sites for hydroxylation is 1. The van der Waals surface area contributed by atoms with Gasteiger partial charge in [-0.05, 0) is 51.3 Å². The van der Waals surface area contributed by atoms with Gasteiger partial charge in [0.05, 0.1) is 0 Å². The lowest BCUT2D eigenvalue weighted by Crippen LogP contribution is -2.43. The quantitative estimate of drug-likeness (QED) is 0.876. The number of nitrogens with zero attached hydrogens (tertiary/aromatic N) is 1. The van der Waals surface area contributed by atoms with Gasteiger partial charge in [-0.15, -0.1) is 0 Å². The van der Waals surface area contributed by atoms with E-state index in [1.54, 1.807) is 0 Å². The first kappa shape index (κ1) is 12.2. The molecule has 0 unspecified atom stereocenters. The second kappa shape index (κ2) is 5.41. The van der Waals surface area contributed by atoms with E-state index < -0.39 is 0 Å². The molecule has 2 fully saturated rings. The SMILES string of the molecule is Cc1ccc(CNC2CCN(C3CC3)CC2)cc1. The smallest absolute Gasteiger partial charge is 0.0208 e. The Morgan fingerprint density at radius 1 is 1.06 bits per heavy atom.